The van der Waals surface area contributed by atoms with Gasteiger partial charge >= 0.3 is 5.97 Å². The number of carbonyl (C=O) groups excluding carboxylic acids is 1. The molecule has 0 aromatic heterocycles. The van der Waals surface area contributed by atoms with E-state index in [1.54, 1.807) is 25.3 Å². The lowest BCUT2D eigenvalue weighted by atomic mass is 10.2. The second-order valence-electron chi connectivity index (χ2n) is 7.35. The highest BCUT2D eigenvalue weighted by Crippen LogP contribution is 2.38. The third-order valence-corrected chi connectivity index (χ3v) is 5.02. The molecule has 0 fully saturated rings. The molecule has 3 aromatic rings. The van der Waals surface area contributed by atoms with Gasteiger partial charge in [-0.15, -0.1) is 0 Å². The molecule has 7 heteroatoms. The third-order valence-electron chi connectivity index (χ3n) is 5.02. The molecule has 0 saturated heterocycles. The van der Waals surface area contributed by atoms with Gasteiger partial charge < -0.3 is 28.4 Å². The van der Waals surface area contributed by atoms with Crippen LogP contribution in [0, 0.1) is 11.8 Å². The van der Waals surface area contributed by atoms with Crippen molar-refractivity contribution >= 4 is 12.0 Å². The van der Waals surface area contributed by atoms with Crippen LogP contribution in [-0.2, 0) is 16.1 Å². The average Bonchev–Trinajstić information content (AvgIpc) is 2.93. The SMILES string of the molecule is COc1cc(/C=C/COC(=O)C#Cc2cc(OC)c(OC)c(OC)c2)ccc1OCc1ccccc1. The molecule has 0 aliphatic heterocycles. The molecule has 0 amide bonds. The molecule has 0 unspecified atom stereocenters. The largest absolute Gasteiger partial charge is 0.493 e. The predicted molar refractivity (Wildman–Crippen MR) is 137 cm³/mol. The molecule has 0 atom stereocenters. The van der Waals surface area contributed by atoms with Crippen molar-refractivity contribution < 1.29 is 33.2 Å². The van der Waals surface area contributed by atoms with Crippen LogP contribution >= 0.6 is 0 Å². The summed E-state index contributed by atoms with van der Waals surface area (Å²) in [5, 5.41) is 0. The van der Waals surface area contributed by atoms with E-state index in [-0.39, 0.29) is 6.61 Å². The van der Waals surface area contributed by atoms with E-state index in [0.29, 0.717) is 40.9 Å². The monoisotopic (exact) mass is 488 g/mol. The topological polar surface area (TPSA) is 72.5 Å². The van der Waals surface area contributed by atoms with E-state index < -0.39 is 5.97 Å². The van der Waals surface area contributed by atoms with Crippen molar-refractivity contribution in [1.82, 2.24) is 0 Å². The minimum Gasteiger partial charge on any atom is -0.493 e. The van der Waals surface area contributed by atoms with Crippen LogP contribution in [0.4, 0.5) is 0 Å². The van der Waals surface area contributed by atoms with Crippen molar-refractivity contribution in [3.8, 4) is 40.6 Å². The van der Waals surface area contributed by atoms with Gasteiger partial charge in [0.1, 0.15) is 13.2 Å². The summed E-state index contributed by atoms with van der Waals surface area (Å²) < 4.78 is 32.4. The standard InChI is InChI=1S/C29H28O7/c1-31-25-17-21(12-14-24(25)36-20-22-9-6-5-7-10-22)11-8-16-35-28(30)15-13-23-18-26(32-2)29(34-4)27(19-23)33-3/h5-12,14,17-19H,16,20H2,1-4H3/b11-8+. The van der Waals surface area contributed by atoms with Gasteiger partial charge in [0.2, 0.25) is 5.75 Å². The molecule has 0 bridgehead atoms. The Morgan fingerprint density at radius 3 is 2.14 bits per heavy atom. The summed E-state index contributed by atoms with van der Waals surface area (Å²) in [5.41, 5.74) is 2.47. The van der Waals surface area contributed by atoms with Gasteiger partial charge in [0.15, 0.2) is 23.0 Å². The minimum absolute atomic E-state index is 0.0668. The zero-order valence-electron chi connectivity index (χ0n) is 20.7. The van der Waals surface area contributed by atoms with E-state index in [2.05, 4.69) is 11.8 Å². The molecule has 0 radical (unpaired) electrons. The highest BCUT2D eigenvalue weighted by molar-refractivity contribution is 5.89. The van der Waals surface area contributed by atoms with E-state index in [1.165, 1.54) is 21.3 Å². The number of esters is 1. The highest BCUT2D eigenvalue weighted by Gasteiger charge is 2.12. The molecule has 0 saturated carbocycles. The average molecular weight is 489 g/mol. The summed E-state index contributed by atoms with van der Waals surface area (Å²) in [6, 6.07) is 18.8. The van der Waals surface area contributed by atoms with Gasteiger partial charge in [0, 0.05) is 11.5 Å². The molecule has 186 valence electrons. The van der Waals surface area contributed by atoms with Crippen molar-refractivity contribution in [1.29, 1.82) is 0 Å². The van der Waals surface area contributed by atoms with Crippen LogP contribution in [-0.4, -0.2) is 41.0 Å². The number of methoxy groups -OCH3 is 4. The summed E-state index contributed by atoms with van der Waals surface area (Å²) in [4.78, 5) is 12.0. The lowest BCUT2D eigenvalue weighted by molar-refractivity contribution is -0.135. The van der Waals surface area contributed by atoms with E-state index >= 15 is 0 Å². The number of ether oxygens (including phenoxy) is 6. The Bertz CT molecular complexity index is 1230. The van der Waals surface area contributed by atoms with Gasteiger partial charge in [0.05, 0.1) is 28.4 Å². The number of hydrogen-bond donors (Lipinski definition) is 0. The zero-order valence-corrected chi connectivity index (χ0v) is 20.7. The Hall–Kier alpha value is -4.57. The zero-order chi connectivity index (χ0) is 25.8. The molecule has 0 N–H and O–H groups in total. The first kappa shape index (κ1) is 26.0. The van der Waals surface area contributed by atoms with Crippen molar-refractivity contribution in [2.75, 3.05) is 35.0 Å². The van der Waals surface area contributed by atoms with Crippen molar-refractivity contribution in [2.24, 2.45) is 0 Å². The Morgan fingerprint density at radius 2 is 1.50 bits per heavy atom. The molecule has 0 aliphatic carbocycles. The van der Waals surface area contributed by atoms with Crippen molar-refractivity contribution in [2.45, 2.75) is 6.61 Å². The normalized spacial score (nSPS) is 10.2. The number of carbonyl (C=O) groups is 1. The lowest BCUT2D eigenvalue weighted by Gasteiger charge is -2.12. The molecule has 0 spiro atoms. The van der Waals surface area contributed by atoms with E-state index in [4.69, 9.17) is 28.4 Å². The van der Waals surface area contributed by atoms with Gasteiger partial charge in [-0.2, -0.15) is 0 Å². The quantitative estimate of drug-likeness (QED) is 0.297. The maximum Gasteiger partial charge on any atom is 0.385 e. The maximum absolute atomic E-state index is 12.0. The molecule has 7 nitrogen and oxygen atoms in total. The van der Waals surface area contributed by atoms with Gasteiger partial charge in [0.25, 0.3) is 0 Å². The number of benzene rings is 3. The second-order valence-corrected chi connectivity index (χ2v) is 7.35. The van der Waals surface area contributed by atoms with Crippen molar-refractivity contribution in [3.05, 3.63) is 83.4 Å². The van der Waals surface area contributed by atoms with Crippen LogP contribution in [0.5, 0.6) is 28.7 Å². The number of rotatable bonds is 10. The van der Waals surface area contributed by atoms with E-state index in [1.807, 2.05) is 54.6 Å². The van der Waals surface area contributed by atoms with E-state index in [9.17, 15) is 4.79 Å². The Kier molecular flexibility index (Phi) is 9.66. The predicted octanol–water partition coefficient (Wildman–Crippen LogP) is 4.91. The smallest absolute Gasteiger partial charge is 0.385 e. The summed E-state index contributed by atoms with van der Waals surface area (Å²) in [6.07, 6.45) is 3.54. The van der Waals surface area contributed by atoms with Crippen LogP contribution in [0.3, 0.4) is 0 Å². The lowest BCUT2D eigenvalue weighted by Crippen LogP contribution is -2.01. The molecule has 3 aromatic carbocycles. The molecule has 36 heavy (non-hydrogen) atoms. The van der Waals surface area contributed by atoms with Crippen LogP contribution in [0.25, 0.3) is 6.08 Å². The summed E-state index contributed by atoms with van der Waals surface area (Å²) >= 11 is 0. The highest BCUT2D eigenvalue weighted by atomic mass is 16.5. The molecule has 3 rings (SSSR count). The van der Waals surface area contributed by atoms with Gasteiger partial charge in [-0.25, -0.2) is 4.79 Å². The first-order chi connectivity index (χ1) is 17.6. The van der Waals surface area contributed by atoms with Crippen LogP contribution in [0.15, 0.2) is 66.7 Å². The second kappa shape index (κ2) is 13.4. The van der Waals surface area contributed by atoms with Gasteiger partial charge in [-0.1, -0.05) is 48.4 Å². The van der Waals surface area contributed by atoms with Crippen LogP contribution in [0.2, 0.25) is 0 Å². The van der Waals surface area contributed by atoms with Crippen LogP contribution in [0.1, 0.15) is 16.7 Å². The Balaban J connectivity index is 1.56. The van der Waals surface area contributed by atoms with Gasteiger partial charge in [-0.3, -0.25) is 0 Å². The molecular weight excluding hydrogens is 460 g/mol. The molecular formula is C29H28O7. The summed E-state index contributed by atoms with van der Waals surface area (Å²) in [7, 11) is 6.12. The van der Waals surface area contributed by atoms with E-state index in [0.717, 1.165) is 11.1 Å². The summed E-state index contributed by atoms with van der Waals surface area (Å²) in [5.74, 6) is 7.16. The fourth-order valence-corrected chi connectivity index (χ4v) is 3.26. The summed E-state index contributed by atoms with van der Waals surface area (Å²) in [6.45, 7) is 0.511. The fourth-order valence-electron chi connectivity index (χ4n) is 3.26. The number of hydrogen-bond acceptors (Lipinski definition) is 7. The first-order valence-corrected chi connectivity index (χ1v) is 11.1. The van der Waals surface area contributed by atoms with Crippen molar-refractivity contribution in [3.63, 3.8) is 0 Å². The fraction of sp³-hybridized carbons (Fsp3) is 0.207. The molecule has 0 heterocycles. The van der Waals surface area contributed by atoms with Crippen LogP contribution < -0.4 is 23.7 Å². The first-order valence-electron chi connectivity index (χ1n) is 11.1. The van der Waals surface area contributed by atoms with Gasteiger partial charge in [-0.05, 0) is 41.5 Å². The third kappa shape index (κ3) is 7.21. The Labute approximate surface area is 211 Å². The minimum atomic E-state index is -0.657. The maximum atomic E-state index is 12.0. The molecule has 0 aliphatic rings. The Morgan fingerprint density at radius 1 is 0.806 bits per heavy atom.